The molecule has 0 radical (unpaired) electrons. The Morgan fingerprint density at radius 2 is 1.94 bits per heavy atom. The monoisotopic (exact) mass is 648 g/mol. The number of aromatic carboxylic acids is 1. The number of ether oxygens (including phenoxy) is 1. The van der Waals surface area contributed by atoms with Crippen LogP contribution in [0.4, 0.5) is 5.69 Å². The summed E-state index contributed by atoms with van der Waals surface area (Å²) in [6, 6.07) is 20.1. The van der Waals surface area contributed by atoms with Gasteiger partial charge < -0.3 is 9.84 Å². The Kier molecular flexibility index (Phi) is 7.74. The van der Waals surface area contributed by atoms with Crippen molar-refractivity contribution in [1.82, 2.24) is 4.90 Å². The van der Waals surface area contributed by atoms with E-state index in [4.69, 9.17) is 4.74 Å². The zero-order chi connectivity index (χ0) is 24.2. The predicted octanol–water partition coefficient (Wildman–Crippen LogP) is 6.56. The van der Waals surface area contributed by atoms with Gasteiger partial charge in [0.25, 0.3) is 5.91 Å². The largest absolute Gasteiger partial charge is 0.488 e. The fraction of sp³-hybridized carbons (Fsp3) is 0.0800. The number of benzene rings is 3. The molecule has 6 nitrogen and oxygen atoms in total. The number of amides is 1. The molecule has 1 aliphatic heterocycles. The van der Waals surface area contributed by atoms with E-state index in [2.05, 4.69) is 43.5 Å². The highest BCUT2D eigenvalue weighted by atomic mass is 127. The third-order valence-corrected chi connectivity index (χ3v) is 7.28. The van der Waals surface area contributed by atoms with Gasteiger partial charge in [0, 0.05) is 10.6 Å². The molecule has 172 valence electrons. The summed E-state index contributed by atoms with van der Waals surface area (Å²) >= 11 is 7.06. The molecule has 1 aliphatic rings. The van der Waals surface area contributed by atoms with Gasteiger partial charge in [0.15, 0.2) is 5.17 Å². The van der Waals surface area contributed by atoms with Crippen LogP contribution in [0.25, 0.3) is 6.08 Å². The highest BCUT2D eigenvalue weighted by Crippen LogP contribution is 2.35. The quantitative estimate of drug-likeness (QED) is 0.242. The Morgan fingerprint density at radius 1 is 1.18 bits per heavy atom. The lowest BCUT2D eigenvalue weighted by Gasteiger charge is -2.09. The van der Waals surface area contributed by atoms with Crippen LogP contribution in [0, 0.1) is 3.57 Å². The van der Waals surface area contributed by atoms with Crippen molar-refractivity contribution >= 4 is 79.1 Å². The first-order valence-corrected chi connectivity index (χ1v) is 12.8. The average Bonchev–Trinajstić information content (AvgIpc) is 3.07. The van der Waals surface area contributed by atoms with Crippen LogP contribution in [-0.4, -0.2) is 34.1 Å². The highest BCUT2D eigenvalue weighted by molar-refractivity contribution is 14.1. The van der Waals surface area contributed by atoms with Crippen LogP contribution in [0.3, 0.4) is 0 Å². The maximum absolute atomic E-state index is 12.7. The number of rotatable bonds is 6. The van der Waals surface area contributed by atoms with Crippen LogP contribution in [0.2, 0.25) is 0 Å². The maximum Gasteiger partial charge on any atom is 0.335 e. The second-order valence-electron chi connectivity index (χ2n) is 7.33. The Bertz CT molecular complexity index is 1320. The lowest BCUT2D eigenvalue weighted by molar-refractivity contribution is -0.121. The second-order valence-corrected chi connectivity index (χ2v) is 10.4. The van der Waals surface area contributed by atoms with Gasteiger partial charge in [-0.2, -0.15) is 0 Å². The first kappa shape index (κ1) is 24.5. The van der Waals surface area contributed by atoms with Crippen LogP contribution < -0.4 is 4.74 Å². The Balaban J connectivity index is 1.49. The van der Waals surface area contributed by atoms with Crippen molar-refractivity contribution < 1.29 is 19.4 Å². The van der Waals surface area contributed by atoms with E-state index in [0.29, 0.717) is 28.1 Å². The molecule has 3 aromatic carbocycles. The fourth-order valence-electron chi connectivity index (χ4n) is 3.09. The second kappa shape index (κ2) is 10.7. The summed E-state index contributed by atoms with van der Waals surface area (Å²) in [7, 11) is 1.65. The topological polar surface area (TPSA) is 79.2 Å². The van der Waals surface area contributed by atoms with Gasteiger partial charge in [-0.1, -0.05) is 24.3 Å². The number of hydrogen-bond acceptors (Lipinski definition) is 5. The molecule has 0 spiro atoms. The van der Waals surface area contributed by atoms with Gasteiger partial charge in [0.2, 0.25) is 0 Å². The molecule has 34 heavy (non-hydrogen) atoms. The van der Waals surface area contributed by atoms with E-state index in [0.717, 1.165) is 15.6 Å². The van der Waals surface area contributed by atoms with Crippen molar-refractivity contribution in [3.05, 3.63) is 96.4 Å². The standard InChI is InChI=1S/C25H18BrIN2O4S/c1-29-23(30)22(34-25(29)28-19-4-2-3-17(13-19)24(31)32)12-16-7-10-21(20(26)11-16)33-14-15-5-8-18(27)9-6-15/h2-13H,14H2,1H3,(H,31,32)/b22-12-,28-25?. The molecule has 0 unspecified atom stereocenters. The number of carbonyl (C=O) groups is 2. The molecule has 1 amide bonds. The predicted molar refractivity (Wildman–Crippen MR) is 146 cm³/mol. The van der Waals surface area contributed by atoms with Crippen LogP contribution in [0.5, 0.6) is 5.75 Å². The number of carbonyl (C=O) groups excluding carboxylic acids is 1. The third-order valence-electron chi connectivity index (χ3n) is 4.88. The number of nitrogens with zero attached hydrogens (tertiary/aromatic N) is 2. The molecular formula is C25H18BrIN2O4S. The summed E-state index contributed by atoms with van der Waals surface area (Å²) in [5.74, 6) is -0.486. The van der Waals surface area contributed by atoms with E-state index < -0.39 is 5.97 Å². The molecule has 0 bridgehead atoms. The smallest absolute Gasteiger partial charge is 0.335 e. The molecule has 1 N–H and O–H groups in total. The molecular weight excluding hydrogens is 631 g/mol. The Labute approximate surface area is 223 Å². The number of likely N-dealkylation sites (N-methyl/N-ethyl adjacent to an activating group) is 1. The number of carboxylic acid groups (broad SMARTS) is 1. The zero-order valence-corrected chi connectivity index (χ0v) is 22.4. The van der Waals surface area contributed by atoms with Crippen molar-refractivity contribution in [3.63, 3.8) is 0 Å². The molecule has 0 aromatic heterocycles. The number of amidine groups is 1. The van der Waals surface area contributed by atoms with Gasteiger partial charge in [-0.3, -0.25) is 9.69 Å². The third kappa shape index (κ3) is 5.89. The highest BCUT2D eigenvalue weighted by Gasteiger charge is 2.30. The number of aliphatic imine (C=N–C) groups is 1. The fourth-order valence-corrected chi connectivity index (χ4v) is 4.94. The lowest BCUT2D eigenvalue weighted by Crippen LogP contribution is -2.23. The van der Waals surface area contributed by atoms with Gasteiger partial charge in [0.1, 0.15) is 12.4 Å². The Morgan fingerprint density at radius 3 is 2.65 bits per heavy atom. The minimum Gasteiger partial charge on any atom is -0.488 e. The van der Waals surface area contributed by atoms with E-state index in [9.17, 15) is 14.7 Å². The molecule has 4 rings (SSSR count). The summed E-state index contributed by atoms with van der Waals surface area (Å²) in [6.07, 6.45) is 1.80. The van der Waals surface area contributed by atoms with E-state index >= 15 is 0 Å². The zero-order valence-electron chi connectivity index (χ0n) is 17.9. The van der Waals surface area contributed by atoms with Gasteiger partial charge in [-0.25, -0.2) is 9.79 Å². The van der Waals surface area contributed by atoms with E-state index in [1.165, 1.54) is 32.4 Å². The van der Waals surface area contributed by atoms with E-state index in [-0.39, 0.29) is 11.5 Å². The first-order valence-electron chi connectivity index (χ1n) is 10.1. The summed E-state index contributed by atoms with van der Waals surface area (Å²) in [4.78, 5) is 30.4. The van der Waals surface area contributed by atoms with Crippen molar-refractivity contribution in [2.24, 2.45) is 4.99 Å². The normalized spacial score (nSPS) is 15.9. The minimum atomic E-state index is -1.03. The van der Waals surface area contributed by atoms with Gasteiger partial charge in [-0.15, -0.1) is 0 Å². The summed E-state index contributed by atoms with van der Waals surface area (Å²) in [5.41, 5.74) is 2.53. The summed E-state index contributed by atoms with van der Waals surface area (Å²) in [5, 5.41) is 9.66. The van der Waals surface area contributed by atoms with Gasteiger partial charge >= 0.3 is 5.97 Å². The van der Waals surface area contributed by atoms with E-state index in [1.807, 2.05) is 42.5 Å². The molecule has 0 saturated carbocycles. The summed E-state index contributed by atoms with van der Waals surface area (Å²) < 4.78 is 7.89. The average molecular weight is 649 g/mol. The SMILES string of the molecule is CN1C(=O)/C(=C/c2ccc(OCc3ccc(I)cc3)c(Br)c2)SC1=Nc1cccc(C(=O)O)c1. The summed E-state index contributed by atoms with van der Waals surface area (Å²) in [6.45, 7) is 0.456. The molecule has 9 heteroatoms. The van der Waals surface area contributed by atoms with Crippen molar-refractivity contribution in [3.8, 4) is 5.75 Å². The maximum atomic E-state index is 12.7. The molecule has 0 aliphatic carbocycles. The minimum absolute atomic E-state index is 0.142. The van der Waals surface area contributed by atoms with Crippen molar-refractivity contribution in [2.45, 2.75) is 6.61 Å². The molecule has 0 atom stereocenters. The van der Waals surface area contributed by atoms with E-state index in [1.54, 1.807) is 25.3 Å². The van der Waals surface area contributed by atoms with Crippen LogP contribution in [-0.2, 0) is 11.4 Å². The number of hydrogen-bond donors (Lipinski definition) is 1. The van der Waals surface area contributed by atoms with Crippen molar-refractivity contribution in [2.75, 3.05) is 7.05 Å². The lowest BCUT2D eigenvalue weighted by atomic mass is 10.2. The first-order chi connectivity index (χ1) is 16.3. The Hall–Kier alpha value is -2.63. The molecule has 1 fully saturated rings. The molecule has 1 saturated heterocycles. The van der Waals surface area contributed by atoms with Crippen LogP contribution in [0.15, 0.2) is 81.1 Å². The molecule has 3 aromatic rings. The molecule has 1 heterocycles. The van der Waals surface area contributed by atoms with Gasteiger partial charge in [-0.05, 0) is 110 Å². The van der Waals surface area contributed by atoms with Crippen LogP contribution >= 0.6 is 50.3 Å². The van der Waals surface area contributed by atoms with Crippen LogP contribution in [0.1, 0.15) is 21.5 Å². The van der Waals surface area contributed by atoms with Gasteiger partial charge in [0.05, 0.1) is 20.6 Å². The van der Waals surface area contributed by atoms with Crippen molar-refractivity contribution in [1.29, 1.82) is 0 Å². The number of thioether (sulfide) groups is 1. The number of carboxylic acids is 1. The number of halogens is 2.